The first-order chi connectivity index (χ1) is 33.7. The van der Waals surface area contributed by atoms with Crippen molar-refractivity contribution in [3.63, 3.8) is 0 Å². The van der Waals surface area contributed by atoms with Crippen LogP contribution in [0.15, 0.2) is 241 Å². The van der Waals surface area contributed by atoms with Crippen LogP contribution in [0.25, 0.3) is 112 Å². The maximum atomic E-state index is 6.59. The van der Waals surface area contributed by atoms with Crippen LogP contribution in [0.3, 0.4) is 0 Å². The average molecular weight is 866 g/mol. The quantitative estimate of drug-likeness (QED) is 0.167. The predicted molar refractivity (Wildman–Crippen MR) is 276 cm³/mol. The van der Waals surface area contributed by atoms with Crippen molar-refractivity contribution in [1.29, 1.82) is 0 Å². The zero-order valence-corrected chi connectivity index (χ0v) is 36.8. The molecular formula is C64H39N3O. The Labute approximate surface area is 393 Å². The maximum Gasteiger partial charge on any atom is 0.164 e. The zero-order chi connectivity index (χ0) is 44.8. The molecule has 10 aromatic carbocycles. The molecule has 4 heteroatoms. The van der Waals surface area contributed by atoms with Crippen molar-refractivity contribution in [2.75, 3.05) is 0 Å². The molecule has 0 amide bonds. The molecule has 14 rings (SSSR count). The van der Waals surface area contributed by atoms with E-state index < -0.39 is 5.41 Å². The summed E-state index contributed by atoms with van der Waals surface area (Å²) in [4.78, 5) is 15.4. The normalized spacial score (nSPS) is 12.8. The fraction of sp³-hybridized carbons (Fsp3) is 0.0156. The van der Waals surface area contributed by atoms with Gasteiger partial charge >= 0.3 is 0 Å². The molecule has 0 N–H and O–H groups in total. The summed E-state index contributed by atoms with van der Waals surface area (Å²) in [5.41, 5.74) is 21.4. The second kappa shape index (κ2) is 15.0. The van der Waals surface area contributed by atoms with Crippen LogP contribution in [0.2, 0.25) is 0 Å². The maximum absolute atomic E-state index is 6.59. The Morgan fingerprint density at radius 3 is 1.46 bits per heavy atom. The molecule has 0 saturated heterocycles. The highest BCUT2D eigenvalue weighted by molar-refractivity contribution is 6.13. The lowest BCUT2D eigenvalue weighted by molar-refractivity contribution is 0.669. The van der Waals surface area contributed by atoms with E-state index >= 15 is 0 Å². The molecule has 0 fully saturated rings. The van der Waals surface area contributed by atoms with Gasteiger partial charge in [0, 0.05) is 27.5 Å². The van der Waals surface area contributed by atoms with E-state index in [2.05, 4.69) is 188 Å². The summed E-state index contributed by atoms with van der Waals surface area (Å²) in [7, 11) is 0. The van der Waals surface area contributed by atoms with Gasteiger partial charge in [0.2, 0.25) is 0 Å². The molecule has 2 aromatic heterocycles. The number of hydrogen-bond acceptors (Lipinski definition) is 4. The molecule has 316 valence electrons. The van der Waals surface area contributed by atoms with Crippen LogP contribution in [0.5, 0.6) is 0 Å². The smallest absolute Gasteiger partial charge is 0.164 e. The first-order valence-electron chi connectivity index (χ1n) is 23.2. The van der Waals surface area contributed by atoms with Crippen molar-refractivity contribution >= 4 is 21.9 Å². The largest absolute Gasteiger partial charge is 0.456 e. The number of hydrogen-bond donors (Lipinski definition) is 0. The van der Waals surface area contributed by atoms with Crippen LogP contribution in [0.4, 0.5) is 0 Å². The Morgan fingerprint density at radius 2 is 0.735 bits per heavy atom. The van der Waals surface area contributed by atoms with E-state index in [4.69, 9.17) is 19.4 Å². The second-order valence-electron chi connectivity index (χ2n) is 17.8. The number of aromatic nitrogens is 3. The van der Waals surface area contributed by atoms with Crippen LogP contribution < -0.4 is 0 Å². The van der Waals surface area contributed by atoms with Gasteiger partial charge in [0.1, 0.15) is 11.2 Å². The summed E-state index contributed by atoms with van der Waals surface area (Å²) in [6.07, 6.45) is 0. The Hall–Kier alpha value is -8.99. The Bertz CT molecular complexity index is 3920. The number of benzene rings is 10. The minimum atomic E-state index is -0.397. The van der Waals surface area contributed by atoms with E-state index in [-0.39, 0.29) is 0 Å². The first-order valence-corrected chi connectivity index (χ1v) is 23.2. The highest BCUT2D eigenvalue weighted by Crippen LogP contribution is 2.64. The number of fused-ring (bicyclic) bond motifs is 13. The van der Waals surface area contributed by atoms with Crippen molar-refractivity contribution < 1.29 is 4.42 Å². The Morgan fingerprint density at radius 1 is 0.279 bits per heavy atom. The lowest BCUT2D eigenvalue weighted by Crippen LogP contribution is -2.25. The lowest BCUT2D eigenvalue weighted by atomic mass is 9.70. The molecule has 4 nitrogen and oxygen atoms in total. The SMILES string of the molecule is c1ccc(-c2ccc(-c3nc(-c4ccccc4)nc(-c4cccc5oc6ccc(-c7cccc(-c8cccc9c8-c8ccccc8C98c9ccccc9-c9ccccc98)c7)cc6c45)n3)cc2)cc1. The minimum absolute atomic E-state index is 0.397. The molecular weight excluding hydrogens is 827 g/mol. The van der Waals surface area contributed by atoms with Crippen LogP contribution in [0, 0.1) is 0 Å². The van der Waals surface area contributed by atoms with Gasteiger partial charge < -0.3 is 4.42 Å². The van der Waals surface area contributed by atoms with Gasteiger partial charge in [-0.15, -0.1) is 0 Å². The van der Waals surface area contributed by atoms with Crippen LogP contribution >= 0.6 is 0 Å². The molecule has 0 bridgehead atoms. The second-order valence-corrected chi connectivity index (χ2v) is 17.8. The molecule has 68 heavy (non-hydrogen) atoms. The summed E-state index contributed by atoms with van der Waals surface area (Å²) in [5, 5.41) is 1.97. The molecule has 12 aromatic rings. The van der Waals surface area contributed by atoms with E-state index in [0.717, 1.165) is 60.9 Å². The Kier molecular flexibility index (Phi) is 8.46. The molecule has 0 unspecified atom stereocenters. The first kappa shape index (κ1) is 38.3. The van der Waals surface area contributed by atoms with Gasteiger partial charge in [0.15, 0.2) is 17.5 Å². The van der Waals surface area contributed by atoms with E-state index in [1.54, 1.807) is 0 Å². The third kappa shape index (κ3) is 5.71. The average Bonchev–Trinajstić information content (AvgIpc) is 4.05. The topological polar surface area (TPSA) is 51.8 Å². The molecule has 1 spiro atoms. The van der Waals surface area contributed by atoms with E-state index in [1.165, 1.54) is 55.6 Å². The summed E-state index contributed by atoms with van der Waals surface area (Å²) in [5.74, 6) is 1.81. The summed E-state index contributed by atoms with van der Waals surface area (Å²) < 4.78 is 6.59. The molecule has 2 aliphatic rings. The fourth-order valence-corrected chi connectivity index (χ4v) is 11.2. The standard InChI is InChI=1S/C64H39N3O/c1-3-16-40(17-4-1)41-32-34-43(35-33-41)62-65-61(42-18-5-2-6-19-42)66-63(67-62)51-26-15-31-58-60(51)52-39-45(36-37-57(52)68-58)44-20-13-21-46(38-44)47-25-14-30-56-59(47)50-24-9-12-29-55(50)64(56)53-27-10-7-22-48(53)49-23-8-11-28-54(49)64/h1-39H. The fourth-order valence-electron chi connectivity index (χ4n) is 11.2. The van der Waals surface area contributed by atoms with Gasteiger partial charge in [-0.3, -0.25) is 0 Å². The van der Waals surface area contributed by atoms with Gasteiger partial charge in [0.25, 0.3) is 0 Å². The molecule has 2 heterocycles. The number of rotatable bonds is 6. The molecule has 0 radical (unpaired) electrons. The predicted octanol–water partition coefficient (Wildman–Crippen LogP) is 16.1. The molecule has 0 atom stereocenters. The van der Waals surface area contributed by atoms with E-state index in [1.807, 2.05) is 48.5 Å². The minimum Gasteiger partial charge on any atom is -0.456 e. The van der Waals surface area contributed by atoms with Crippen molar-refractivity contribution in [1.82, 2.24) is 15.0 Å². The zero-order valence-electron chi connectivity index (χ0n) is 36.8. The van der Waals surface area contributed by atoms with Crippen molar-refractivity contribution in [2.45, 2.75) is 5.41 Å². The van der Waals surface area contributed by atoms with E-state index in [0.29, 0.717) is 17.5 Å². The molecule has 0 saturated carbocycles. The lowest BCUT2D eigenvalue weighted by Gasteiger charge is -2.30. The van der Waals surface area contributed by atoms with Crippen molar-refractivity contribution in [3.05, 3.63) is 259 Å². The van der Waals surface area contributed by atoms with Gasteiger partial charge in [-0.05, 0) is 102 Å². The third-order valence-electron chi connectivity index (χ3n) is 14.2. The van der Waals surface area contributed by atoms with E-state index in [9.17, 15) is 0 Å². The third-order valence-corrected chi connectivity index (χ3v) is 14.2. The van der Waals surface area contributed by atoms with Gasteiger partial charge in [-0.2, -0.15) is 0 Å². The summed E-state index contributed by atoms with van der Waals surface area (Å²) in [6, 6.07) is 84.6. The van der Waals surface area contributed by atoms with Crippen LogP contribution in [-0.4, -0.2) is 15.0 Å². The van der Waals surface area contributed by atoms with Crippen LogP contribution in [-0.2, 0) is 5.41 Å². The van der Waals surface area contributed by atoms with Crippen LogP contribution in [0.1, 0.15) is 22.3 Å². The molecule has 2 aliphatic carbocycles. The highest BCUT2D eigenvalue weighted by Gasteiger charge is 2.52. The van der Waals surface area contributed by atoms with Crippen molar-refractivity contribution in [3.8, 4) is 89.8 Å². The summed E-state index contributed by atoms with van der Waals surface area (Å²) in [6.45, 7) is 0. The Balaban J connectivity index is 0.900. The summed E-state index contributed by atoms with van der Waals surface area (Å²) >= 11 is 0. The van der Waals surface area contributed by atoms with Crippen molar-refractivity contribution in [2.24, 2.45) is 0 Å². The monoisotopic (exact) mass is 865 g/mol. The van der Waals surface area contributed by atoms with Gasteiger partial charge in [-0.25, -0.2) is 15.0 Å². The van der Waals surface area contributed by atoms with Gasteiger partial charge in [-0.1, -0.05) is 212 Å². The highest BCUT2D eigenvalue weighted by atomic mass is 16.3. The number of furan rings is 1. The van der Waals surface area contributed by atoms with Gasteiger partial charge in [0.05, 0.1) is 5.41 Å². The molecule has 0 aliphatic heterocycles. The number of nitrogens with zero attached hydrogens (tertiary/aromatic N) is 3.